The average molecular weight is 284 g/mol. The Labute approximate surface area is 119 Å². The lowest BCUT2D eigenvalue weighted by Crippen LogP contribution is -2.50. The molecule has 0 aromatic heterocycles. The number of likely N-dealkylation sites (tertiary alicyclic amines) is 1. The third kappa shape index (κ3) is 4.18. The van der Waals surface area contributed by atoms with Gasteiger partial charge in [-0.05, 0) is 32.1 Å². The number of hydrogen-bond donors (Lipinski definition) is 1. The number of primary amides is 1. The Bertz CT molecular complexity index is 342. The fraction of sp³-hybridized carbons (Fsp3) is 0.857. The van der Waals surface area contributed by atoms with Gasteiger partial charge < -0.3 is 20.1 Å². The Balaban J connectivity index is 1.68. The molecule has 0 aromatic carbocycles. The lowest BCUT2D eigenvalue weighted by atomic mass is 10.0. The maximum Gasteiger partial charge on any atom is 0.240 e. The van der Waals surface area contributed by atoms with Gasteiger partial charge in [0.1, 0.15) is 6.04 Å². The SMILES string of the molecule is NC(=O)[C@H]1CCCCN1C(=O)CCOC[C@H]1CCCO1. The summed E-state index contributed by atoms with van der Waals surface area (Å²) in [6.45, 7) is 2.35. The fourth-order valence-electron chi connectivity index (χ4n) is 2.82. The maximum absolute atomic E-state index is 12.1. The van der Waals surface area contributed by atoms with E-state index in [4.69, 9.17) is 15.2 Å². The second kappa shape index (κ2) is 7.59. The number of amides is 2. The van der Waals surface area contributed by atoms with Crippen LogP contribution in [0, 0.1) is 0 Å². The van der Waals surface area contributed by atoms with E-state index in [1.807, 2.05) is 0 Å². The second-order valence-corrected chi connectivity index (χ2v) is 5.46. The fourth-order valence-corrected chi connectivity index (χ4v) is 2.82. The highest BCUT2D eigenvalue weighted by atomic mass is 16.5. The van der Waals surface area contributed by atoms with Gasteiger partial charge in [-0.1, -0.05) is 0 Å². The van der Waals surface area contributed by atoms with E-state index >= 15 is 0 Å². The minimum absolute atomic E-state index is 0.0409. The van der Waals surface area contributed by atoms with Crippen molar-refractivity contribution in [1.82, 2.24) is 4.90 Å². The lowest BCUT2D eigenvalue weighted by Gasteiger charge is -2.33. The van der Waals surface area contributed by atoms with Crippen molar-refractivity contribution in [3.05, 3.63) is 0 Å². The summed E-state index contributed by atoms with van der Waals surface area (Å²) >= 11 is 0. The molecule has 6 heteroatoms. The van der Waals surface area contributed by atoms with Gasteiger partial charge in [0, 0.05) is 13.2 Å². The molecule has 0 radical (unpaired) electrons. The zero-order valence-electron chi connectivity index (χ0n) is 11.9. The molecule has 0 bridgehead atoms. The predicted octanol–water partition coefficient (Wildman–Crippen LogP) is 0.438. The van der Waals surface area contributed by atoms with Gasteiger partial charge in [-0.25, -0.2) is 0 Å². The van der Waals surface area contributed by atoms with Crippen LogP contribution in [0.2, 0.25) is 0 Å². The summed E-state index contributed by atoms with van der Waals surface area (Å²) in [6.07, 6.45) is 5.16. The molecule has 20 heavy (non-hydrogen) atoms. The largest absolute Gasteiger partial charge is 0.378 e. The normalized spacial score (nSPS) is 26.7. The first-order valence-corrected chi connectivity index (χ1v) is 7.46. The summed E-state index contributed by atoms with van der Waals surface area (Å²) in [6, 6.07) is -0.436. The quantitative estimate of drug-likeness (QED) is 0.717. The Morgan fingerprint density at radius 2 is 2.10 bits per heavy atom. The number of rotatable bonds is 6. The molecule has 0 aliphatic carbocycles. The Kier molecular flexibility index (Phi) is 5.79. The molecule has 2 saturated heterocycles. The zero-order valence-corrected chi connectivity index (χ0v) is 11.9. The third-order valence-electron chi connectivity index (χ3n) is 3.94. The van der Waals surface area contributed by atoms with Crippen LogP contribution < -0.4 is 5.73 Å². The Morgan fingerprint density at radius 3 is 2.80 bits per heavy atom. The van der Waals surface area contributed by atoms with Crippen LogP contribution in [0.5, 0.6) is 0 Å². The van der Waals surface area contributed by atoms with E-state index in [0.717, 1.165) is 32.3 Å². The molecule has 2 rings (SSSR count). The van der Waals surface area contributed by atoms with E-state index in [9.17, 15) is 9.59 Å². The van der Waals surface area contributed by atoms with Crippen LogP contribution in [-0.4, -0.2) is 55.2 Å². The molecule has 0 unspecified atom stereocenters. The predicted molar refractivity (Wildman–Crippen MR) is 73.0 cm³/mol. The molecule has 2 heterocycles. The minimum Gasteiger partial charge on any atom is -0.378 e. The summed E-state index contributed by atoms with van der Waals surface area (Å²) in [5.74, 6) is -0.445. The molecule has 2 aliphatic heterocycles. The first kappa shape index (κ1) is 15.3. The molecule has 114 valence electrons. The molecule has 2 fully saturated rings. The van der Waals surface area contributed by atoms with Crippen LogP contribution in [-0.2, 0) is 19.1 Å². The number of carbonyl (C=O) groups excluding carboxylic acids is 2. The van der Waals surface area contributed by atoms with E-state index in [2.05, 4.69) is 0 Å². The van der Waals surface area contributed by atoms with Crippen LogP contribution in [0.3, 0.4) is 0 Å². The van der Waals surface area contributed by atoms with Gasteiger partial charge >= 0.3 is 0 Å². The first-order chi connectivity index (χ1) is 9.68. The van der Waals surface area contributed by atoms with Crippen LogP contribution in [0.25, 0.3) is 0 Å². The molecule has 0 spiro atoms. The van der Waals surface area contributed by atoms with E-state index in [1.165, 1.54) is 0 Å². The number of nitrogens with two attached hydrogens (primary N) is 1. The zero-order chi connectivity index (χ0) is 14.4. The smallest absolute Gasteiger partial charge is 0.240 e. The molecule has 0 aromatic rings. The van der Waals surface area contributed by atoms with Gasteiger partial charge in [0.05, 0.1) is 25.7 Å². The molecule has 2 atom stereocenters. The molecule has 0 saturated carbocycles. The van der Waals surface area contributed by atoms with Crippen molar-refractivity contribution in [3.63, 3.8) is 0 Å². The van der Waals surface area contributed by atoms with E-state index in [1.54, 1.807) is 4.90 Å². The van der Waals surface area contributed by atoms with Gasteiger partial charge in [0.15, 0.2) is 0 Å². The van der Waals surface area contributed by atoms with Crippen LogP contribution in [0.4, 0.5) is 0 Å². The molecular formula is C14H24N2O4. The minimum atomic E-state index is -0.436. The highest BCUT2D eigenvalue weighted by molar-refractivity contribution is 5.86. The lowest BCUT2D eigenvalue weighted by molar-refractivity contribution is -0.142. The standard InChI is InChI=1S/C14H24N2O4/c15-14(18)12-5-1-2-7-16(12)13(17)6-9-19-10-11-4-3-8-20-11/h11-12H,1-10H2,(H2,15,18)/t11-,12-/m1/s1. The van der Waals surface area contributed by atoms with Crippen molar-refractivity contribution in [1.29, 1.82) is 0 Å². The number of hydrogen-bond acceptors (Lipinski definition) is 4. The van der Waals surface area contributed by atoms with Crippen molar-refractivity contribution in [2.24, 2.45) is 5.73 Å². The third-order valence-corrected chi connectivity index (χ3v) is 3.94. The number of nitrogens with zero attached hydrogens (tertiary/aromatic N) is 1. The topological polar surface area (TPSA) is 81.9 Å². The van der Waals surface area contributed by atoms with Crippen molar-refractivity contribution in [2.75, 3.05) is 26.4 Å². The summed E-state index contributed by atoms with van der Waals surface area (Å²) in [7, 11) is 0. The van der Waals surface area contributed by atoms with Crippen molar-refractivity contribution >= 4 is 11.8 Å². The van der Waals surface area contributed by atoms with Gasteiger partial charge in [0.25, 0.3) is 0 Å². The monoisotopic (exact) mass is 284 g/mol. The molecular weight excluding hydrogens is 260 g/mol. The summed E-state index contributed by atoms with van der Waals surface area (Å²) in [4.78, 5) is 25.1. The number of piperidine rings is 1. The summed E-state index contributed by atoms with van der Waals surface area (Å²) < 4.78 is 10.9. The molecule has 6 nitrogen and oxygen atoms in total. The van der Waals surface area contributed by atoms with E-state index < -0.39 is 11.9 Å². The molecule has 2 amide bonds. The Hall–Kier alpha value is -1.14. The highest BCUT2D eigenvalue weighted by Crippen LogP contribution is 2.18. The molecule has 2 aliphatic rings. The van der Waals surface area contributed by atoms with Gasteiger partial charge in [0.2, 0.25) is 11.8 Å². The van der Waals surface area contributed by atoms with Gasteiger partial charge in [-0.2, -0.15) is 0 Å². The number of ether oxygens (including phenoxy) is 2. The Morgan fingerprint density at radius 1 is 1.25 bits per heavy atom. The van der Waals surface area contributed by atoms with Crippen LogP contribution in [0.1, 0.15) is 38.5 Å². The van der Waals surface area contributed by atoms with Gasteiger partial charge in [-0.3, -0.25) is 9.59 Å². The second-order valence-electron chi connectivity index (χ2n) is 5.46. The summed E-state index contributed by atoms with van der Waals surface area (Å²) in [5, 5.41) is 0. The van der Waals surface area contributed by atoms with E-state index in [0.29, 0.717) is 32.6 Å². The first-order valence-electron chi connectivity index (χ1n) is 7.46. The average Bonchev–Trinajstić information content (AvgIpc) is 2.96. The van der Waals surface area contributed by atoms with Crippen molar-refractivity contribution in [2.45, 2.75) is 50.7 Å². The van der Waals surface area contributed by atoms with Crippen molar-refractivity contribution in [3.8, 4) is 0 Å². The summed E-state index contributed by atoms with van der Waals surface area (Å²) in [5.41, 5.74) is 5.35. The van der Waals surface area contributed by atoms with Crippen LogP contribution >= 0.6 is 0 Å². The molecule has 2 N–H and O–H groups in total. The van der Waals surface area contributed by atoms with Crippen LogP contribution in [0.15, 0.2) is 0 Å². The van der Waals surface area contributed by atoms with Gasteiger partial charge in [-0.15, -0.1) is 0 Å². The van der Waals surface area contributed by atoms with E-state index in [-0.39, 0.29) is 12.0 Å². The van der Waals surface area contributed by atoms with Crippen molar-refractivity contribution < 1.29 is 19.1 Å². The highest BCUT2D eigenvalue weighted by Gasteiger charge is 2.30. The maximum atomic E-state index is 12.1. The number of carbonyl (C=O) groups is 2.